The van der Waals surface area contributed by atoms with E-state index >= 15 is 0 Å². The van der Waals surface area contributed by atoms with Crippen molar-refractivity contribution < 1.29 is 2.74 Å². The number of fused-ring (bicyclic) bond motifs is 5. The van der Waals surface area contributed by atoms with Crippen molar-refractivity contribution in [3.8, 4) is 39.2 Å². The second-order valence-corrected chi connectivity index (χ2v) is 16.4. The van der Waals surface area contributed by atoms with E-state index in [1.54, 1.807) is 0 Å². The van der Waals surface area contributed by atoms with E-state index in [4.69, 9.17) is 0 Å². The topological polar surface area (TPSA) is 8.17 Å². The van der Waals surface area contributed by atoms with E-state index in [9.17, 15) is 2.74 Å². The molecule has 0 atom stereocenters. The molecule has 1 aliphatic carbocycles. The van der Waals surface area contributed by atoms with Crippen LogP contribution in [0.5, 0.6) is 0 Å². The first-order chi connectivity index (χ1) is 30.8. The summed E-state index contributed by atoms with van der Waals surface area (Å²) in [5.41, 5.74) is 16.1. The first kappa shape index (κ1) is 34.2. The summed E-state index contributed by atoms with van der Waals surface area (Å²) in [5.74, 6) is 0. The number of nitrogens with zero attached hydrogens (tertiary/aromatic N) is 2. The third-order valence-corrected chi connectivity index (χ3v) is 12.3. The molecule has 1 aliphatic rings. The highest BCUT2D eigenvalue weighted by Gasteiger charge is 2.37. The van der Waals surface area contributed by atoms with Gasteiger partial charge in [-0.25, -0.2) is 0 Å². The number of aromatic nitrogens is 1. The minimum absolute atomic E-state index is 0.202. The number of para-hydroxylation sites is 3. The normalized spacial score (nSPS) is 13.6. The fourth-order valence-electron chi connectivity index (χ4n) is 9.40. The lowest BCUT2D eigenvalue weighted by atomic mass is 9.81. The molecule has 0 aliphatic heterocycles. The average Bonchev–Trinajstić information content (AvgIpc) is 3.79. The zero-order chi connectivity index (χ0) is 42.7. The molecule has 0 fully saturated rings. The van der Waals surface area contributed by atoms with Gasteiger partial charge in [-0.1, -0.05) is 178 Å². The van der Waals surface area contributed by atoms with Crippen molar-refractivity contribution in [1.82, 2.24) is 4.57 Å². The Balaban J connectivity index is 1.00. The predicted molar refractivity (Wildman–Crippen MR) is 259 cm³/mol. The highest BCUT2D eigenvalue weighted by molar-refractivity contribution is 6.08. The molecule has 0 spiro atoms. The van der Waals surface area contributed by atoms with Gasteiger partial charge in [0.2, 0.25) is 0 Å². The summed E-state index contributed by atoms with van der Waals surface area (Å²) in [4.78, 5) is 2.26. The fourth-order valence-corrected chi connectivity index (χ4v) is 9.40. The maximum Gasteiger partial charge on any atom is 0.0629 e. The molecule has 0 amide bonds. The number of benzene rings is 9. The van der Waals surface area contributed by atoms with Crippen LogP contribution in [0, 0.1) is 0 Å². The van der Waals surface area contributed by atoms with E-state index in [0.717, 1.165) is 55.7 Å². The van der Waals surface area contributed by atoms with Crippen LogP contribution in [-0.2, 0) is 5.41 Å². The third kappa shape index (κ3) is 6.36. The molecular formula is C59H44N2. The summed E-state index contributed by atoms with van der Waals surface area (Å²) in [6.45, 7) is 4.59. The molecule has 0 radical (unpaired) electrons. The standard InChI is InChI=1S/C59H44N2/c1-59(2)54-37-42(29-28-41-30-32-46-38-50(34-33-45(46)36-41)60(47-22-12-5-13-23-47)48-24-14-6-15-25-48)31-35-51(54)52-39-53-56(40-55(52)59)61(49-26-16-7-17-27-49)58(44-20-10-4-11-21-44)57(53)43-18-8-3-9-19-43/h3-40H,1-2H3/b29-28+/i28D,29D. The van der Waals surface area contributed by atoms with Gasteiger partial charge in [-0.3, -0.25) is 0 Å². The zero-order valence-electron chi connectivity index (χ0n) is 36.2. The summed E-state index contributed by atoms with van der Waals surface area (Å²) >= 11 is 0. The molecule has 11 rings (SSSR count). The molecule has 2 nitrogen and oxygen atoms in total. The van der Waals surface area contributed by atoms with Gasteiger partial charge in [-0.15, -0.1) is 0 Å². The minimum Gasteiger partial charge on any atom is -0.310 e. The van der Waals surface area contributed by atoms with Gasteiger partial charge in [0.05, 0.1) is 14.0 Å². The highest BCUT2D eigenvalue weighted by atomic mass is 15.1. The van der Waals surface area contributed by atoms with E-state index in [-0.39, 0.29) is 17.5 Å². The van der Waals surface area contributed by atoms with Gasteiger partial charge in [0.1, 0.15) is 0 Å². The summed E-state index contributed by atoms with van der Waals surface area (Å²) in [6, 6.07) is 77.1. The lowest BCUT2D eigenvalue weighted by Crippen LogP contribution is -2.15. The Labute approximate surface area is 360 Å². The molecule has 9 aromatic carbocycles. The van der Waals surface area contributed by atoms with E-state index in [1.165, 1.54) is 44.5 Å². The lowest BCUT2D eigenvalue weighted by molar-refractivity contribution is 0.661. The number of hydrogen-bond donors (Lipinski definition) is 0. The second-order valence-electron chi connectivity index (χ2n) is 16.4. The van der Waals surface area contributed by atoms with Crippen LogP contribution in [0.4, 0.5) is 17.1 Å². The Kier molecular flexibility index (Phi) is 8.33. The van der Waals surface area contributed by atoms with Crippen molar-refractivity contribution in [3.05, 3.63) is 241 Å². The van der Waals surface area contributed by atoms with Crippen molar-refractivity contribution in [2.24, 2.45) is 0 Å². The Morgan fingerprint density at radius 2 is 0.984 bits per heavy atom. The van der Waals surface area contributed by atoms with E-state index in [1.807, 2.05) is 30.3 Å². The molecule has 10 aromatic rings. The van der Waals surface area contributed by atoms with E-state index < -0.39 is 0 Å². The molecule has 0 saturated carbocycles. The summed E-state index contributed by atoms with van der Waals surface area (Å²) in [7, 11) is 0. The van der Waals surface area contributed by atoms with Crippen molar-refractivity contribution in [2.75, 3.05) is 4.90 Å². The van der Waals surface area contributed by atoms with Gasteiger partial charge >= 0.3 is 0 Å². The van der Waals surface area contributed by atoms with Crippen LogP contribution in [0.3, 0.4) is 0 Å². The Bertz CT molecular complexity index is 3310. The van der Waals surface area contributed by atoms with E-state index in [2.05, 4.69) is 211 Å². The van der Waals surface area contributed by atoms with Gasteiger partial charge < -0.3 is 9.47 Å². The van der Waals surface area contributed by atoms with Crippen molar-refractivity contribution in [1.29, 1.82) is 0 Å². The second kappa shape index (κ2) is 14.9. The summed E-state index contributed by atoms with van der Waals surface area (Å²) in [6.07, 6.45) is 0. The Hall–Kier alpha value is -7.68. The molecular weight excluding hydrogens is 737 g/mol. The maximum absolute atomic E-state index is 9.43. The van der Waals surface area contributed by atoms with Gasteiger partial charge in [-0.05, 0) is 122 Å². The van der Waals surface area contributed by atoms with Crippen LogP contribution >= 0.6 is 0 Å². The van der Waals surface area contributed by atoms with Crippen LogP contribution in [0.15, 0.2) is 218 Å². The van der Waals surface area contributed by atoms with Gasteiger partial charge in [-0.2, -0.15) is 0 Å². The molecule has 1 aromatic heterocycles. The maximum atomic E-state index is 9.43. The molecule has 290 valence electrons. The molecule has 0 N–H and O–H groups in total. The zero-order valence-corrected chi connectivity index (χ0v) is 34.2. The number of rotatable bonds is 8. The van der Waals surface area contributed by atoms with Gasteiger partial charge in [0.15, 0.2) is 0 Å². The number of anilines is 3. The minimum atomic E-state index is -0.350. The first-order valence-corrected chi connectivity index (χ1v) is 21.0. The molecule has 2 heteroatoms. The molecule has 61 heavy (non-hydrogen) atoms. The average molecular weight is 783 g/mol. The number of hydrogen-bond acceptors (Lipinski definition) is 1. The van der Waals surface area contributed by atoms with Crippen molar-refractivity contribution in [3.63, 3.8) is 0 Å². The Morgan fingerprint density at radius 3 is 1.64 bits per heavy atom. The van der Waals surface area contributed by atoms with Crippen LogP contribution in [0.1, 0.15) is 38.8 Å². The molecule has 0 unspecified atom stereocenters. The van der Waals surface area contributed by atoms with Crippen LogP contribution in [0.2, 0.25) is 0 Å². The van der Waals surface area contributed by atoms with Crippen molar-refractivity contribution in [2.45, 2.75) is 19.3 Å². The highest BCUT2D eigenvalue weighted by Crippen LogP contribution is 2.53. The SMILES string of the molecule is [2H]/C(=C(/[2H])c1ccc2cc(N(c3ccccc3)c3ccccc3)ccc2c1)c1ccc2c(c1)C(C)(C)c1cc3c(cc1-2)c(-c1ccccc1)c(-c1ccccc1)n3-c1ccccc1. The van der Waals surface area contributed by atoms with Crippen molar-refractivity contribution >= 4 is 50.8 Å². The predicted octanol–water partition coefficient (Wildman–Crippen LogP) is 16.1. The molecule has 1 heterocycles. The van der Waals surface area contributed by atoms with Crippen LogP contribution < -0.4 is 4.90 Å². The lowest BCUT2D eigenvalue weighted by Gasteiger charge is -2.25. The monoisotopic (exact) mass is 782 g/mol. The third-order valence-electron chi connectivity index (χ3n) is 12.3. The fraction of sp³-hybridized carbons (Fsp3) is 0.0508. The molecule has 0 saturated heterocycles. The quantitative estimate of drug-likeness (QED) is 0.139. The van der Waals surface area contributed by atoms with Crippen LogP contribution in [0.25, 0.3) is 73.0 Å². The van der Waals surface area contributed by atoms with Gasteiger partial charge in [0.25, 0.3) is 0 Å². The largest absolute Gasteiger partial charge is 0.310 e. The van der Waals surface area contributed by atoms with E-state index in [0.29, 0.717) is 0 Å². The molecule has 0 bridgehead atoms. The first-order valence-electron chi connectivity index (χ1n) is 22.0. The van der Waals surface area contributed by atoms with Crippen LogP contribution in [-0.4, -0.2) is 4.57 Å². The summed E-state index contributed by atoms with van der Waals surface area (Å²) in [5, 5.41) is 3.29. The Morgan fingerprint density at radius 1 is 0.459 bits per heavy atom. The summed E-state index contributed by atoms with van der Waals surface area (Å²) < 4.78 is 21.2. The smallest absolute Gasteiger partial charge is 0.0629 e. The van der Waals surface area contributed by atoms with Gasteiger partial charge in [0, 0.05) is 39.1 Å².